The lowest BCUT2D eigenvalue weighted by atomic mass is 10.1. The molecule has 130 valence electrons. The molecule has 0 aliphatic heterocycles. The minimum Gasteiger partial charge on any atom is -0.465 e. The van der Waals surface area contributed by atoms with Crippen LogP contribution in [0.4, 0.5) is 16.5 Å². The number of nitrogens with one attached hydrogen (secondary N) is 1. The summed E-state index contributed by atoms with van der Waals surface area (Å²) in [4.78, 5) is 47.9. The van der Waals surface area contributed by atoms with Crippen LogP contribution < -0.4 is 5.32 Å². The number of nitro groups is 2. The number of carbonyl (C=O) groups excluding carboxylic acids is 2. The summed E-state index contributed by atoms with van der Waals surface area (Å²) in [5, 5.41) is 24.1. The third-order valence-corrected chi connectivity index (χ3v) is 4.03. The molecule has 0 radical (unpaired) electrons. The molecule has 0 unspecified atom stereocenters. The van der Waals surface area contributed by atoms with Gasteiger partial charge in [-0.25, -0.2) is 9.78 Å². The maximum absolute atomic E-state index is 12.2. The second-order valence-corrected chi connectivity index (χ2v) is 5.63. The zero-order valence-corrected chi connectivity index (χ0v) is 13.7. The number of thiazole rings is 1. The number of hydrogen-bond acceptors (Lipinski definition) is 9. The first-order chi connectivity index (χ1) is 11.7. The second kappa shape index (κ2) is 7.00. The van der Waals surface area contributed by atoms with Crippen LogP contribution in [0.3, 0.4) is 0 Å². The number of hydrogen-bond donors (Lipinski definition) is 1. The van der Waals surface area contributed by atoms with Gasteiger partial charge in [0.1, 0.15) is 4.88 Å². The van der Waals surface area contributed by atoms with Gasteiger partial charge < -0.3 is 4.74 Å². The standard InChI is InChI=1S/C13H10N4O7S/c1-6-10(12(19)24-2)25-13(14-6)15-11(18)7-3-8(16(20)21)5-9(4-7)17(22)23/h3-5H,1-2H3,(H,14,15,18). The summed E-state index contributed by atoms with van der Waals surface area (Å²) in [7, 11) is 1.20. The van der Waals surface area contributed by atoms with E-state index in [4.69, 9.17) is 0 Å². The molecule has 1 aromatic carbocycles. The molecule has 1 aromatic heterocycles. The lowest BCUT2D eigenvalue weighted by Crippen LogP contribution is -2.12. The third-order valence-electron chi connectivity index (χ3n) is 2.97. The van der Waals surface area contributed by atoms with Crippen molar-refractivity contribution in [1.82, 2.24) is 4.98 Å². The zero-order valence-electron chi connectivity index (χ0n) is 12.8. The first-order valence-electron chi connectivity index (χ1n) is 6.54. The minimum absolute atomic E-state index is 0.0528. The highest BCUT2D eigenvalue weighted by Gasteiger charge is 2.22. The van der Waals surface area contributed by atoms with E-state index in [1.54, 1.807) is 0 Å². The Kier molecular flexibility index (Phi) is 5.02. The van der Waals surface area contributed by atoms with Crippen LogP contribution in [0.5, 0.6) is 0 Å². The van der Waals surface area contributed by atoms with E-state index < -0.39 is 33.1 Å². The Morgan fingerprint density at radius 1 is 1.16 bits per heavy atom. The van der Waals surface area contributed by atoms with E-state index in [0.29, 0.717) is 5.69 Å². The number of benzene rings is 1. The number of amides is 1. The number of aromatic nitrogens is 1. The number of ether oxygens (including phenoxy) is 1. The topological polar surface area (TPSA) is 155 Å². The van der Waals surface area contributed by atoms with Crippen molar-refractivity contribution in [2.24, 2.45) is 0 Å². The molecule has 2 rings (SSSR count). The molecule has 0 saturated heterocycles. The predicted molar refractivity (Wildman–Crippen MR) is 85.9 cm³/mol. The summed E-state index contributed by atoms with van der Waals surface area (Å²) in [5.74, 6) is -1.46. The highest BCUT2D eigenvalue weighted by molar-refractivity contribution is 7.17. The number of carbonyl (C=O) groups is 2. The Balaban J connectivity index is 2.33. The largest absolute Gasteiger partial charge is 0.465 e. The Bertz CT molecular complexity index is 860. The first-order valence-corrected chi connectivity index (χ1v) is 7.35. The van der Waals surface area contributed by atoms with Gasteiger partial charge in [0.25, 0.3) is 17.3 Å². The summed E-state index contributed by atoms with van der Waals surface area (Å²) >= 11 is 0.851. The van der Waals surface area contributed by atoms with E-state index in [1.807, 2.05) is 0 Å². The van der Waals surface area contributed by atoms with Crippen LogP contribution in [0.1, 0.15) is 25.7 Å². The van der Waals surface area contributed by atoms with Crippen molar-refractivity contribution in [3.05, 3.63) is 54.6 Å². The van der Waals surface area contributed by atoms with Crippen molar-refractivity contribution in [3.63, 3.8) is 0 Å². The van der Waals surface area contributed by atoms with Crippen LogP contribution in [-0.2, 0) is 4.74 Å². The van der Waals surface area contributed by atoms with Crippen molar-refractivity contribution in [3.8, 4) is 0 Å². The van der Waals surface area contributed by atoms with E-state index in [0.717, 1.165) is 29.5 Å². The molecule has 0 aliphatic rings. The molecule has 0 aliphatic carbocycles. The average Bonchev–Trinajstić information content (AvgIpc) is 2.93. The summed E-state index contributed by atoms with van der Waals surface area (Å²) in [6, 6.07) is 2.56. The first kappa shape index (κ1) is 17.9. The Morgan fingerprint density at radius 2 is 1.72 bits per heavy atom. The minimum atomic E-state index is -0.841. The van der Waals surface area contributed by atoms with Crippen molar-refractivity contribution in [2.45, 2.75) is 6.92 Å². The SMILES string of the molecule is COC(=O)c1sc(NC(=O)c2cc([N+](=O)[O-])cc([N+](=O)[O-])c2)nc1C. The van der Waals surface area contributed by atoms with Crippen molar-refractivity contribution < 1.29 is 24.2 Å². The number of rotatable bonds is 5. The van der Waals surface area contributed by atoms with E-state index in [1.165, 1.54) is 14.0 Å². The quantitative estimate of drug-likeness (QED) is 0.480. The number of methoxy groups -OCH3 is 1. The molecule has 0 bridgehead atoms. The van der Waals surface area contributed by atoms with Crippen LogP contribution in [0, 0.1) is 27.2 Å². The highest BCUT2D eigenvalue weighted by atomic mass is 32.1. The van der Waals surface area contributed by atoms with Gasteiger partial charge in [-0.15, -0.1) is 0 Å². The average molecular weight is 366 g/mol. The zero-order chi connectivity index (χ0) is 18.7. The Hall–Kier alpha value is -3.41. The molecule has 0 atom stereocenters. The van der Waals surface area contributed by atoms with Crippen molar-refractivity contribution in [1.29, 1.82) is 0 Å². The molecule has 1 heterocycles. The molecule has 11 nitrogen and oxygen atoms in total. The molecular weight excluding hydrogens is 356 g/mol. The molecular formula is C13H10N4O7S. The fraction of sp³-hybridized carbons (Fsp3) is 0.154. The number of anilines is 1. The second-order valence-electron chi connectivity index (χ2n) is 4.63. The molecule has 0 saturated carbocycles. The molecule has 12 heteroatoms. The van der Waals surface area contributed by atoms with Crippen molar-refractivity contribution in [2.75, 3.05) is 12.4 Å². The maximum Gasteiger partial charge on any atom is 0.350 e. The number of aryl methyl sites for hydroxylation is 1. The Morgan fingerprint density at radius 3 is 2.20 bits per heavy atom. The summed E-state index contributed by atoms with van der Waals surface area (Å²) in [6.45, 7) is 1.54. The van der Waals surface area contributed by atoms with Gasteiger partial charge in [-0.05, 0) is 6.92 Å². The van der Waals surface area contributed by atoms with Gasteiger partial charge in [0.05, 0.1) is 34.3 Å². The molecule has 2 aromatic rings. The number of non-ortho nitro benzene ring substituents is 2. The summed E-state index contributed by atoms with van der Waals surface area (Å²) in [6.07, 6.45) is 0. The summed E-state index contributed by atoms with van der Waals surface area (Å²) in [5.41, 5.74) is -1.14. The van der Waals surface area contributed by atoms with Gasteiger partial charge in [0, 0.05) is 12.1 Å². The molecule has 1 amide bonds. The van der Waals surface area contributed by atoms with E-state index in [-0.39, 0.29) is 15.6 Å². The smallest absolute Gasteiger partial charge is 0.350 e. The number of nitro benzene ring substituents is 2. The fourth-order valence-corrected chi connectivity index (χ4v) is 2.72. The van der Waals surface area contributed by atoms with E-state index in [9.17, 15) is 29.8 Å². The fourth-order valence-electron chi connectivity index (χ4n) is 1.84. The lowest BCUT2D eigenvalue weighted by molar-refractivity contribution is -0.394. The normalized spacial score (nSPS) is 10.2. The highest BCUT2D eigenvalue weighted by Crippen LogP contribution is 2.26. The van der Waals surface area contributed by atoms with Gasteiger partial charge in [0.2, 0.25) is 0 Å². The molecule has 1 N–H and O–H groups in total. The van der Waals surface area contributed by atoms with Gasteiger partial charge >= 0.3 is 5.97 Å². The van der Waals surface area contributed by atoms with Crippen LogP contribution >= 0.6 is 11.3 Å². The molecule has 0 fully saturated rings. The van der Waals surface area contributed by atoms with Crippen LogP contribution in [0.25, 0.3) is 0 Å². The Labute approximate surface area is 143 Å². The van der Waals surface area contributed by atoms with Crippen LogP contribution in [-0.4, -0.2) is 33.8 Å². The number of esters is 1. The van der Waals surface area contributed by atoms with Gasteiger partial charge in [0.15, 0.2) is 5.13 Å². The van der Waals surface area contributed by atoms with E-state index in [2.05, 4.69) is 15.0 Å². The molecule has 25 heavy (non-hydrogen) atoms. The van der Waals surface area contributed by atoms with Gasteiger partial charge in [-0.2, -0.15) is 0 Å². The maximum atomic E-state index is 12.2. The lowest BCUT2D eigenvalue weighted by Gasteiger charge is -2.02. The van der Waals surface area contributed by atoms with Gasteiger partial charge in [-0.1, -0.05) is 11.3 Å². The monoisotopic (exact) mass is 366 g/mol. The predicted octanol–water partition coefficient (Wildman–Crippen LogP) is 2.31. The van der Waals surface area contributed by atoms with Gasteiger partial charge in [-0.3, -0.25) is 30.3 Å². The summed E-state index contributed by atoms with van der Waals surface area (Å²) < 4.78 is 4.57. The van der Waals surface area contributed by atoms with Crippen LogP contribution in [0.2, 0.25) is 0 Å². The van der Waals surface area contributed by atoms with Crippen molar-refractivity contribution >= 4 is 39.7 Å². The van der Waals surface area contributed by atoms with Crippen LogP contribution in [0.15, 0.2) is 18.2 Å². The molecule has 0 spiro atoms. The number of nitrogens with zero attached hydrogens (tertiary/aromatic N) is 3. The van der Waals surface area contributed by atoms with E-state index >= 15 is 0 Å². The third kappa shape index (κ3) is 3.92.